The van der Waals surface area contributed by atoms with E-state index in [0.717, 1.165) is 4.47 Å². The fourth-order valence-electron chi connectivity index (χ4n) is 4.49. The summed E-state index contributed by atoms with van der Waals surface area (Å²) in [6, 6.07) is 27.4. The molecular formula is C27H30BrN3O3S. The van der Waals surface area contributed by atoms with Crippen molar-refractivity contribution in [2.24, 2.45) is 0 Å². The molecule has 4 rings (SSSR count). The lowest BCUT2D eigenvalue weighted by Crippen LogP contribution is -2.52. The quantitative estimate of drug-likeness (QED) is 0.413. The maximum atomic E-state index is 13.1. The summed E-state index contributed by atoms with van der Waals surface area (Å²) in [5, 5.41) is 0. The number of rotatable bonds is 8. The topological polar surface area (TPSA) is 60.9 Å². The van der Waals surface area contributed by atoms with E-state index < -0.39 is 10.0 Å². The molecule has 0 atom stereocenters. The Morgan fingerprint density at radius 2 is 1.37 bits per heavy atom. The van der Waals surface area contributed by atoms with Gasteiger partial charge in [-0.2, -0.15) is 4.31 Å². The van der Waals surface area contributed by atoms with Gasteiger partial charge >= 0.3 is 0 Å². The van der Waals surface area contributed by atoms with E-state index in [-0.39, 0.29) is 29.9 Å². The summed E-state index contributed by atoms with van der Waals surface area (Å²) in [4.78, 5) is 17.5. The number of hydrogen-bond donors (Lipinski definition) is 0. The molecule has 6 nitrogen and oxygen atoms in total. The first-order valence-corrected chi connectivity index (χ1v) is 14.0. The minimum atomic E-state index is -3.74. The van der Waals surface area contributed by atoms with Crippen LogP contribution in [-0.2, 0) is 14.8 Å². The smallest absolute Gasteiger partial charge is 0.243 e. The summed E-state index contributed by atoms with van der Waals surface area (Å²) in [5.74, 6) is -0.164. The first kappa shape index (κ1) is 25.6. The molecular weight excluding hydrogens is 526 g/mol. The van der Waals surface area contributed by atoms with E-state index in [1.807, 2.05) is 12.1 Å². The van der Waals surface area contributed by atoms with Gasteiger partial charge in [0.25, 0.3) is 0 Å². The molecule has 1 aliphatic rings. The molecule has 35 heavy (non-hydrogen) atoms. The minimum absolute atomic E-state index is 0.111. The molecule has 3 aromatic rings. The lowest BCUT2D eigenvalue weighted by Gasteiger charge is -2.40. The van der Waals surface area contributed by atoms with Crippen LogP contribution in [0.3, 0.4) is 0 Å². The molecule has 1 aliphatic heterocycles. The van der Waals surface area contributed by atoms with Crippen molar-refractivity contribution < 1.29 is 13.2 Å². The van der Waals surface area contributed by atoms with Crippen LogP contribution >= 0.6 is 15.9 Å². The number of hydrogen-bond acceptors (Lipinski definition) is 4. The van der Waals surface area contributed by atoms with E-state index in [9.17, 15) is 13.2 Å². The second-order valence-electron chi connectivity index (χ2n) is 8.53. The molecule has 1 saturated heterocycles. The zero-order chi connectivity index (χ0) is 24.8. The van der Waals surface area contributed by atoms with Crippen LogP contribution < -0.4 is 0 Å². The number of sulfonamides is 1. The fourth-order valence-corrected chi connectivity index (χ4v) is 6.15. The Kier molecular flexibility index (Phi) is 8.38. The molecule has 1 fully saturated rings. The van der Waals surface area contributed by atoms with Crippen LogP contribution in [0.15, 0.2) is 94.3 Å². The molecule has 0 N–H and O–H groups in total. The van der Waals surface area contributed by atoms with Gasteiger partial charge in [0.2, 0.25) is 15.9 Å². The summed E-state index contributed by atoms with van der Waals surface area (Å²) < 4.78 is 28.2. The molecule has 1 amide bonds. The number of likely N-dealkylation sites (N-methyl/N-ethyl adjacent to an activating group) is 1. The number of piperazine rings is 1. The van der Waals surface area contributed by atoms with E-state index in [1.165, 1.54) is 15.4 Å². The predicted molar refractivity (Wildman–Crippen MR) is 141 cm³/mol. The van der Waals surface area contributed by atoms with E-state index >= 15 is 0 Å². The van der Waals surface area contributed by atoms with Crippen LogP contribution in [-0.4, -0.2) is 67.7 Å². The summed E-state index contributed by atoms with van der Waals surface area (Å²) in [6.07, 6.45) is 0. The number of nitrogens with zero attached hydrogens (tertiary/aromatic N) is 3. The van der Waals surface area contributed by atoms with Crippen LogP contribution in [0.4, 0.5) is 0 Å². The molecule has 0 spiro atoms. The molecule has 0 aromatic heterocycles. The average molecular weight is 557 g/mol. The molecule has 3 aromatic carbocycles. The van der Waals surface area contributed by atoms with Crippen molar-refractivity contribution in [1.29, 1.82) is 0 Å². The zero-order valence-electron chi connectivity index (χ0n) is 19.8. The van der Waals surface area contributed by atoms with Crippen LogP contribution in [0.25, 0.3) is 0 Å². The Labute approximate surface area is 216 Å². The Bertz CT molecular complexity index is 1170. The maximum Gasteiger partial charge on any atom is 0.243 e. The lowest BCUT2D eigenvalue weighted by molar-refractivity contribution is -0.133. The normalized spacial score (nSPS) is 15.0. The Hall–Kier alpha value is -2.52. The van der Waals surface area contributed by atoms with Gasteiger partial charge in [0, 0.05) is 37.2 Å². The monoisotopic (exact) mass is 555 g/mol. The SMILES string of the molecule is CCN(CC(=O)N1CCN(C(c2ccccc2)c2ccccc2)CC1)S(=O)(=O)c1ccc(Br)cc1. The van der Waals surface area contributed by atoms with Gasteiger partial charge in [-0.05, 0) is 35.4 Å². The van der Waals surface area contributed by atoms with Crippen molar-refractivity contribution >= 4 is 31.9 Å². The molecule has 0 saturated carbocycles. The van der Waals surface area contributed by atoms with Crippen molar-refractivity contribution in [3.63, 3.8) is 0 Å². The first-order chi connectivity index (χ1) is 16.9. The van der Waals surface area contributed by atoms with Gasteiger partial charge in [-0.1, -0.05) is 83.5 Å². The standard InChI is InChI=1S/C27H30BrN3O3S/c1-2-31(35(33,34)25-15-13-24(28)14-16-25)21-26(32)29-17-19-30(20-18-29)27(22-9-5-3-6-10-22)23-11-7-4-8-12-23/h3-16,27H,2,17-21H2,1H3. The molecule has 184 valence electrons. The fraction of sp³-hybridized carbons (Fsp3) is 0.296. The first-order valence-electron chi connectivity index (χ1n) is 11.8. The summed E-state index contributed by atoms with van der Waals surface area (Å²) in [6.45, 7) is 4.38. The Morgan fingerprint density at radius 3 is 1.86 bits per heavy atom. The van der Waals surface area contributed by atoms with E-state index in [4.69, 9.17) is 0 Å². The maximum absolute atomic E-state index is 13.1. The van der Waals surface area contributed by atoms with Crippen LogP contribution in [0.1, 0.15) is 24.1 Å². The Morgan fingerprint density at radius 1 is 0.857 bits per heavy atom. The van der Waals surface area contributed by atoms with Gasteiger partial charge in [-0.15, -0.1) is 0 Å². The van der Waals surface area contributed by atoms with Crippen LogP contribution in [0.2, 0.25) is 0 Å². The van der Waals surface area contributed by atoms with Gasteiger partial charge < -0.3 is 4.90 Å². The molecule has 0 aliphatic carbocycles. The second kappa shape index (κ2) is 11.5. The van der Waals surface area contributed by atoms with Crippen molar-refractivity contribution in [3.8, 4) is 0 Å². The molecule has 8 heteroatoms. The van der Waals surface area contributed by atoms with Crippen molar-refractivity contribution in [2.75, 3.05) is 39.3 Å². The highest BCUT2D eigenvalue weighted by Crippen LogP contribution is 2.29. The zero-order valence-corrected chi connectivity index (χ0v) is 22.2. The summed E-state index contributed by atoms with van der Waals surface area (Å²) >= 11 is 3.33. The lowest BCUT2D eigenvalue weighted by atomic mass is 9.96. The molecule has 0 bridgehead atoms. The van der Waals surface area contributed by atoms with E-state index in [0.29, 0.717) is 26.2 Å². The predicted octanol–water partition coefficient (Wildman–Crippen LogP) is 4.39. The number of amides is 1. The average Bonchev–Trinajstić information content (AvgIpc) is 2.89. The highest BCUT2D eigenvalue weighted by molar-refractivity contribution is 9.10. The highest BCUT2D eigenvalue weighted by Gasteiger charge is 2.31. The summed E-state index contributed by atoms with van der Waals surface area (Å²) in [5.41, 5.74) is 2.44. The molecule has 0 unspecified atom stereocenters. The third-order valence-electron chi connectivity index (χ3n) is 6.38. The number of benzene rings is 3. The highest BCUT2D eigenvalue weighted by atomic mass is 79.9. The minimum Gasteiger partial charge on any atom is -0.339 e. The number of carbonyl (C=O) groups excluding carboxylic acids is 1. The van der Waals surface area contributed by atoms with Crippen LogP contribution in [0, 0.1) is 0 Å². The number of carbonyl (C=O) groups is 1. The van der Waals surface area contributed by atoms with Gasteiger partial charge in [0.1, 0.15) is 0 Å². The van der Waals surface area contributed by atoms with Crippen molar-refractivity contribution in [3.05, 3.63) is 101 Å². The largest absolute Gasteiger partial charge is 0.339 e. The Balaban J connectivity index is 1.43. The van der Waals surface area contributed by atoms with E-state index in [2.05, 4.69) is 69.4 Å². The number of halogens is 1. The molecule has 0 radical (unpaired) electrons. The van der Waals surface area contributed by atoms with E-state index in [1.54, 1.807) is 36.1 Å². The van der Waals surface area contributed by atoms with Gasteiger partial charge in [0.15, 0.2) is 0 Å². The summed E-state index contributed by atoms with van der Waals surface area (Å²) in [7, 11) is -3.74. The van der Waals surface area contributed by atoms with Crippen molar-refractivity contribution in [1.82, 2.24) is 14.1 Å². The third kappa shape index (κ3) is 6.01. The van der Waals surface area contributed by atoms with Gasteiger partial charge in [-0.25, -0.2) is 8.42 Å². The molecule has 1 heterocycles. The third-order valence-corrected chi connectivity index (χ3v) is 8.84. The van der Waals surface area contributed by atoms with Gasteiger partial charge in [-0.3, -0.25) is 9.69 Å². The second-order valence-corrected chi connectivity index (χ2v) is 11.4. The van der Waals surface area contributed by atoms with Gasteiger partial charge in [0.05, 0.1) is 17.5 Å². The van der Waals surface area contributed by atoms with Crippen molar-refractivity contribution in [2.45, 2.75) is 17.9 Å². The van der Waals surface area contributed by atoms with Crippen LogP contribution in [0.5, 0.6) is 0 Å².